The summed E-state index contributed by atoms with van der Waals surface area (Å²) in [7, 11) is 0. The minimum absolute atomic E-state index is 0. The molecule has 2 rings (SSSR count). The molecule has 0 saturated carbocycles. The van der Waals surface area contributed by atoms with Crippen molar-refractivity contribution in [3.8, 4) is 11.4 Å². The molecule has 0 bridgehead atoms. The molecule has 10 heteroatoms. The molecule has 24 heavy (non-hydrogen) atoms. The number of pyridine rings is 2. The van der Waals surface area contributed by atoms with E-state index in [2.05, 4.69) is 9.97 Å². The maximum atomic E-state index is 10.1. The molecule has 2 aromatic rings. The Kier molecular flexibility index (Phi) is 12.3. The van der Waals surface area contributed by atoms with Crippen LogP contribution in [-0.2, 0) is 30.7 Å². The van der Waals surface area contributed by atoms with Gasteiger partial charge in [-0.2, -0.15) is 0 Å². The number of carboxylic acids is 2. The van der Waals surface area contributed by atoms with Crippen LogP contribution in [0.2, 0.25) is 0 Å². The van der Waals surface area contributed by atoms with Gasteiger partial charge in [0.05, 0.1) is 11.4 Å². The molecule has 0 aromatic carbocycles. The van der Waals surface area contributed by atoms with Crippen LogP contribution in [0.3, 0.4) is 0 Å². The summed E-state index contributed by atoms with van der Waals surface area (Å²) in [6, 6.07) is 11.6. The molecule has 0 saturated heterocycles. The van der Waals surface area contributed by atoms with Gasteiger partial charge in [-0.3, -0.25) is 9.97 Å². The van der Waals surface area contributed by atoms with E-state index in [1.807, 2.05) is 36.4 Å². The Morgan fingerprint density at radius 3 is 1.62 bits per heavy atom. The predicted molar refractivity (Wildman–Crippen MR) is 73.5 cm³/mol. The van der Waals surface area contributed by atoms with Crippen molar-refractivity contribution < 1.29 is 56.6 Å². The van der Waals surface area contributed by atoms with Gasteiger partial charge in [-0.25, -0.2) is 4.79 Å². The predicted octanol–water partition coefficient (Wildman–Crippen LogP) is -2.77. The molecular formula is C14H14N2O7Pt. The molecule has 0 aliphatic rings. The summed E-state index contributed by atoms with van der Waals surface area (Å²) < 4.78 is 0. The van der Waals surface area contributed by atoms with E-state index in [4.69, 9.17) is 10.2 Å². The van der Waals surface area contributed by atoms with Crippen molar-refractivity contribution in [2.45, 2.75) is 12.2 Å². The Morgan fingerprint density at radius 2 is 1.42 bits per heavy atom. The fourth-order valence-corrected chi connectivity index (χ4v) is 1.29. The third-order valence-corrected chi connectivity index (χ3v) is 2.36. The molecule has 0 spiro atoms. The smallest absolute Gasteiger partial charge is 0.845 e. The first-order valence-electron chi connectivity index (χ1n) is 6.03. The molecular weight excluding hydrogens is 503 g/mol. The SMILES string of the molecule is O.O=C([O-])[C@@H]([O-])[C@H](O)C(=O)O.[Pt+2].c1ccc(-c2ccccn2)nc1. The van der Waals surface area contributed by atoms with Crippen molar-refractivity contribution in [2.75, 3.05) is 0 Å². The largest absolute Gasteiger partial charge is 2.00 e. The number of rotatable bonds is 4. The molecule has 0 radical (unpaired) electrons. The molecule has 0 unspecified atom stereocenters. The summed E-state index contributed by atoms with van der Waals surface area (Å²) in [5.41, 5.74) is 1.83. The summed E-state index contributed by atoms with van der Waals surface area (Å²) in [4.78, 5) is 27.7. The molecule has 4 N–H and O–H groups in total. The van der Waals surface area contributed by atoms with E-state index in [9.17, 15) is 19.8 Å². The van der Waals surface area contributed by atoms with Crippen LogP contribution < -0.4 is 10.2 Å². The van der Waals surface area contributed by atoms with Gasteiger partial charge in [-0.1, -0.05) is 12.1 Å². The van der Waals surface area contributed by atoms with Crippen molar-refractivity contribution in [1.82, 2.24) is 9.97 Å². The van der Waals surface area contributed by atoms with E-state index >= 15 is 0 Å². The third-order valence-electron chi connectivity index (χ3n) is 2.36. The normalized spacial score (nSPS) is 11.4. The Balaban J connectivity index is 0. The molecule has 0 aliphatic heterocycles. The number of aromatic nitrogens is 2. The Hall–Kier alpha value is -2.19. The molecule has 0 amide bonds. The Labute approximate surface area is 151 Å². The van der Waals surface area contributed by atoms with Crippen molar-refractivity contribution in [2.24, 2.45) is 0 Å². The molecule has 0 aliphatic carbocycles. The van der Waals surface area contributed by atoms with Crippen molar-refractivity contribution >= 4 is 11.9 Å². The maximum absolute atomic E-state index is 10.1. The standard InChI is InChI=1S/C10H8N2.C4H5O6.H2O.Pt/c1-3-7-11-9(5-1)10-6-2-4-8-12-10;5-1(3(7)8)2(6)4(9)10;;/h1-8H;1-2,5H,(H,7,8)(H,9,10);1H2;/q;-1;;+2/p-1/t;1-,2-;;/m.0../s1. The van der Waals surface area contributed by atoms with Crippen LogP contribution in [0.25, 0.3) is 11.4 Å². The summed E-state index contributed by atoms with van der Waals surface area (Å²) >= 11 is 0. The second-order valence-electron chi connectivity index (χ2n) is 3.95. The number of carbonyl (C=O) groups is 2. The van der Waals surface area contributed by atoms with Crippen molar-refractivity contribution in [3.63, 3.8) is 0 Å². The number of nitrogens with zero attached hydrogens (tertiary/aromatic N) is 2. The second kappa shape index (κ2) is 12.3. The van der Waals surface area contributed by atoms with Crippen LogP contribution in [0, 0.1) is 0 Å². The van der Waals surface area contributed by atoms with Gasteiger partial charge in [0.1, 0.15) is 6.10 Å². The van der Waals surface area contributed by atoms with Crippen LogP contribution in [0.4, 0.5) is 0 Å². The van der Waals surface area contributed by atoms with E-state index in [0.717, 1.165) is 11.4 Å². The van der Waals surface area contributed by atoms with Gasteiger partial charge < -0.3 is 30.7 Å². The third kappa shape index (κ3) is 7.89. The summed E-state index contributed by atoms with van der Waals surface area (Å²) in [5, 5.41) is 35.8. The van der Waals surface area contributed by atoms with Gasteiger partial charge in [-0.15, -0.1) is 0 Å². The van der Waals surface area contributed by atoms with Crippen LogP contribution in [0.1, 0.15) is 0 Å². The first kappa shape index (κ1) is 24.1. The zero-order chi connectivity index (χ0) is 16.5. The summed E-state index contributed by atoms with van der Waals surface area (Å²) in [6.07, 6.45) is -1.53. The first-order valence-corrected chi connectivity index (χ1v) is 6.03. The number of aliphatic carboxylic acids is 2. The molecule has 0 fully saturated rings. The fraction of sp³-hybridized carbons (Fsp3) is 0.143. The molecule has 9 nitrogen and oxygen atoms in total. The zero-order valence-corrected chi connectivity index (χ0v) is 14.3. The average Bonchev–Trinajstić information content (AvgIpc) is 2.55. The number of hydrogen-bond donors (Lipinski definition) is 2. The van der Waals surface area contributed by atoms with Gasteiger partial charge in [-0.05, 0) is 30.4 Å². The number of aliphatic hydroxyl groups excluding tert-OH is 1. The minimum Gasteiger partial charge on any atom is -0.845 e. The average molecular weight is 517 g/mol. The van der Waals surface area contributed by atoms with Crippen LogP contribution in [0.5, 0.6) is 0 Å². The monoisotopic (exact) mass is 517 g/mol. The summed E-state index contributed by atoms with van der Waals surface area (Å²) in [6.45, 7) is 0. The quantitative estimate of drug-likeness (QED) is 0.438. The molecule has 2 aromatic heterocycles. The zero-order valence-electron chi connectivity index (χ0n) is 12.0. The van der Waals surface area contributed by atoms with E-state index in [0.29, 0.717) is 0 Å². The van der Waals surface area contributed by atoms with E-state index < -0.39 is 24.1 Å². The van der Waals surface area contributed by atoms with Gasteiger partial charge in [0.25, 0.3) is 0 Å². The van der Waals surface area contributed by atoms with E-state index in [-0.39, 0.29) is 26.5 Å². The van der Waals surface area contributed by atoms with Crippen LogP contribution in [0.15, 0.2) is 48.8 Å². The fourth-order valence-electron chi connectivity index (χ4n) is 1.29. The minimum atomic E-state index is -2.63. The van der Waals surface area contributed by atoms with Crippen molar-refractivity contribution in [1.29, 1.82) is 0 Å². The van der Waals surface area contributed by atoms with Gasteiger partial charge >= 0.3 is 27.0 Å². The number of hydrogen-bond acceptors (Lipinski definition) is 7. The van der Waals surface area contributed by atoms with Crippen molar-refractivity contribution in [3.05, 3.63) is 48.8 Å². The first-order chi connectivity index (χ1) is 10.4. The Morgan fingerprint density at radius 1 is 1.00 bits per heavy atom. The van der Waals surface area contributed by atoms with Crippen LogP contribution in [-0.4, -0.2) is 49.8 Å². The maximum Gasteiger partial charge on any atom is 2.00 e. The van der Waals surface area contributed by atoms with Gasteiger partial charge in [0.2, 0.25) is 0 Å². The van der Waals surface area contributed by atoms with E-state index in [1.54, 1.807) is 12.4 Å². The van der Waals surface area contributed by atoms with E-state index in [1.165, 1.54) is 0 Å². The molecule has 2 heterocycles. The number of carbonyl (C=O) groups excluding carboxylic acids is 1. The molecule has 132 valence electrons. The van der Waals surface area contributed by atoms with Gasteiger partial charge in [0.15, 0.2) is 0 Å². The number of aliphatic hydroxyl groups is 1. The Bertz CT molecular complexity index is 558. The molecule has 2 atom stereocenters. The van der Waals surface area contributed by atoms with Gasteiger partial charge in [0, 0.05) is 18.4 Å². The summed E-state index contributed by atoms with van der Waals surface area (Å²) in [5.74, 6) is -4.00. The van der Waals surface area contributed by atoms with Crippen LogP contribution >= 0.6 is 0 Å². The second-order valence-corrected chi connectivity index (χ2v) is 3.95. The topological polar surface area (TPSA) is 178 Å². The number of carboxylic acid groups (broad SMARTS) is 2.